The first kappa shape index (κ1) is 9.77. The second-order valence-corrected chi connectivity index (χ2v) is 3.02. The molecular weight excluding hydrogens is 168 g/mol. The Morgan fingerprint density at radius 2 is 2.31 bits per heavy atom. The molecule has 1 aliphatic rings. The second-order valence-electron chi connectivity index (χ2n) is 3.02. The van der Waals surface area contributed by atoms with Gasteiger partial charge in [-0.15, -0.1) is 0 Å². The summed E-state index contributed by atoms with van der Waals surface area (Å²) in [5.41, 5.74) is 1.02. The molecule has 0 radical (unpaired) electrons. The summed E-state index contributed by atoms with van der Waals surface area (Å²) in [5.74, 6) is -0.228. The summed E-state index contributed by atoms with van der Waals surface area (Å²) in [5, 5.41) is 14.1. The standard InChI is InChI=1S/C9H14N2O2/c1-3-4-5-8-7(6-12)9(13)11(2)10-8/h6,12H,3-5H2,1-2H3/b7-6+. The molecule has 13 heavy (non-hydrogen) atoms. The summed E-state index contributed by atoms with van der Waals surface area (Å²) in [6, 6.07) is 0. The van der Waals surface area contributed by atoms with Crippen molar-refractivity contribution in [2.45, 2.75) is 26.2 Å². The summed E-state index contributed by atoms with van der Waals surface area (Å²) in [7, 11) is 1.59. The lowest BCUT2D eigenvalue weighted by molar-refractivity contribution is -0.124. The Morgan fingerprint density at radius 1 is 1.62 bits per heavy atom. The van der Waals surface area contributed by atoms with Crippen molar-refractivity contribution in [1.29, 1.82) is 0 Å². The molecule has 0 unspecified atom stereocenters. The molecule has 0 atom stereocenters. The van der Waals surface area contributed by atoms with E-state index in [2.05, 4.69) is 12.0 Å². The van der Waals surface area contributed by atoms with Gasteiger partial charge in [0, 0.05) is 7.05 Å². The minimum absolute atomic E-state index is 0.228. The van der Waals surface area contributed by atoms with E-state index in [-0.39, 0.29) is 5.91 Å². The van der Waals surface area contributed by atoms with Crippen LogP contribution in [-0.2, 0) is 4.79 Å². The highest BCUT2D eigenvalue weighted by Gasteiger charge is 2.26. The van der Waals surface area contributed by atoms with Gasteiger partial charge in [-0.2, -0.15) is 5.10 Å². The summed E-state index contributed by atoms with van der Waals surface area (Å²) in [4.78, 5) is 11.3. The molecule has 1 N–H and O–H groups in total. The van der Waals surface area contributed by atoms with Gasteiger partial charge in [-0.1, -0.05) is 13.3 Å². The molecule has 0 aromatic carbocycles. The maximum Gasteiger partial charge on any atom is 0.278 e. The van der Waals surface area contributed by atoms with Crippen LogP contribution in [-0.4, -0.2) is 28.8 Å². The van der Waals surface area contributed by atoms with E-state index in [1.807, 2.05) is 0 Å². The predicted molar refractivity (Wildman–Crippen MR) is 50.4 cm³/mol. The molecule has 0 bridgehead atoms. The molecule has 1 heterocycles. The monoisotopic (exact) mass is 182 g/mol. The van der Waals surface area contributed by atoms with Crippen molar-refractivity contribution in [3.8, 4) is 0 Å². The van der Waals surface area contributed by atoms with Crippen molar-refractivity contribution in [3.05, 3.63) is 11.8 Å². The van der Waals surface area contributed by atoms with E-state index < -0.39 is 0 Å². The number of likely N-dealkylation sites (N-methyl/N-ethyl adjacent to an activating group) is 1. The van der Waals surface area contributed by atoms with E-state index in [0.29, 0.717) is 11.3 Å². The smallest absolute Gasteiger partial charge is 0.278 e. The molecule has 4 heteroatoms. The van der Waals surface area contributed by atoms with Gasteiger partial charge in [0.15, 0.2) is 0 Å². The van der Waals surface area contributed by atoms with E-state index in [9.17, 15) is 4.79 Å². The van der Waals surface area contributed by atoms with Gasteiger partial charge in [0.1, 0.15) is 0 Å². The van der Waals surface area contributed by atoms with Crippen LogP contribution in [0.5, 0.6) is 0 Å². The number of amides is 1. The van der Waals surface area contributed by atoms with Crippen LogP contribution in [0.25, 0.3) is 0 Å². The molecule has 1 amide bonds. The zero-order chi connectivity index (χ0) is 9.84. The molecule has 0 saturated carbocycles. The lowest BCUT2D eigenvalue weighted by Crippen LogP contribution is -2.16. The van der Waals surface area contributed by atoms with Crippen LogP contribution in [0.15, 0.2) is 16.9 Å². The number of hydrogen-bond donors (Lipinski definition) is 1. The van der Waals surface area contributed by atoms with Crippen LogP contribution < -0.4 is 0 Å². The Hall–Kier alpha value is -1.32. The summed E-state index contributed by atoms with van der Waals surface area (Å²) in [6.07, 6.45) is 3.63. The highest BCUT2D eigenvalue weighted by molar-refractivity contribution is 6.24. The SMILES string of the molecule is CCCCC1=NN(C)C(=O)/C1=C/O. The molecule has 4 nitrogen and oxygen atoms in total. The van der Waals surface area contributed by atoms with E-state index >= 15 is 0 Å². The number of hydrogen-bond acceptors (Lipinski definition) is 3. The largest absolute Gasteiger partial charge is 0.515 e. The van der Waals surface area contributed by atoms with Crippen LogP contribution in [0.1, 0.15) is 26.2 Å². The third-order valence-electron chi connectivity index (χ3n) is 2.00. The highest BCUT2D eigenvalue weighted by atomic mass is 16.2. The van der Waals surface area contributed by atoms with Crippen LogP contribution in [0.4, 0.5) is 0 Å². The Labute approximate surface area is 77.5 Å². The molecule has 0 aromatic rings. The third kappa shape index (κ3) is 1.88. The number of hydrazone groups is 1. The lowest BCUT2D eigenvalue weighted by atomic mass is 10.1. The predicted octanol–water partition coefficient (Wildman–Crippen LogP) is 1.45. The highest BCUT2D eigenvalue weighted by Crippen LogP contribution is 2.16. The number of rotatable bonds is 3. The fraction of sp³-hybridized carbons (Fsp3) is 0.556. The van der Waals surface area contributed by atoms with E-state index in [4.69, 9.17) is 5.11 Å². The topological polar surface area (TPSA) is 52.9 Å². The Bertz CT molecular complexity index is 269. The van der Waals surface area contributed by atoms with Gasteiger partial charge < -0.3 is 5.11 Å². The normalized spacial score (nSPS) is 19.8. The first-order valence-electron chi connectivity index (χ1n) is 4.41. The molecule has 1 aliphatic heterocycles. The summed E-state index contributed by atoms with van der Waals surface area (Å²) < 4.78 is 0. The van der Waals surface area contributed by atoms with Gasteiger partial charge in [-0.05, 0) is 12.8 Å². The van der Waals surface area contributed by atoms with Gasteiger partial charge in [0.2, 0.25) is 0 Å². The lowest BCUT2D eigenvalue weighted by Gasteiger charge is -1.99. The van der Waals surface area contributed by atoms with Crippen molar-refractivity contribution in [1.82, 2.24) is 5.01 Å². The Balaban J connectivity index is 2.73. The van der Waals surface area contributed by atoms with Gasteiger partial charge in [-0.3, -0.25) is 4.79 Å². The van der Waals surface area contributed by atoms with Gasteiger partial charge in [-0.25, -0.2) is 5.01 Å². The van der Waals surface area contributed by atoms with E-state index in [1.165, 1.54) is 5.01 Å². The quantitative estimate of drug-likeness (QED) is 0.530. The fourth-order valence-electron chi connectivity index (χ4n) is 1.24. The summed E-state index contributed by atoms with van der Waals surface area (Å²) >= 11 is 0. The third-order valence-corrected chi connectivity index (χ3v) is 2.00. The first-order chi connectivity index (χ1) is 6.20. The molecule has 0 saturated heterocycles. The van der Waals surface area contributed by atoms with Crippen LogP contribution in [0.2, 0.25) is 0 Å². The Morgan fingerprint density at radius 3 is 2.85 bits per heavy atom. The molecule has 0 spiro atoms. The molecule has 1 rings (SSSR count). The average Bonchev–Trinajstić information content (AvgIpc) is 2.39. The van der Waals surface area contributed by atoms with Crippen molar-refractivity contribution < 1.29 is 9.90 Å². The molecule has 72 valence electrons. The Kier molecular flexibility index (Phi) is 3.06. The van der Waals surface area contributed by atoms with Gasteiger partial charge >= 0.3 is 0 Å². The first-order valence-corrected chi connectivity index (χ1v) is 4.41. The number of carbonyl (C=O) groups is 1. The molecule has 0 fully saturated rings. The maximum absolute atomic E-state index is 11.3. The van der Waals surface area contributed by atoms with Crippen LogP contribution in [0, 0.1) is 0 Å². The van der Waals surface area contributed by atoms with Crippen molar-refractivity contribution in [3.63, 3.8) is 0 Å². The fourth-order valence-corrected chi connectivity index (χ4v) is 1.24. The minimum Gasteiger partial charge on any atom is -0.515 e. The zero-order valence-corrected chi connectivity index (χ0v) is 7.95. The van der Waals surface area contributed by atoms with Crippen molar-refractivity contribution in [2.75, 3.05) is 7.05 Å². The number of unbranched alkanes of at least 4 members (excludes halogenated alkanes) is 1. The molecule has 0 aliphatic carbocycles. The number of aliphatic hydroxyl groups excluding tert-OH is 1. The average molecular weight is 182 g/mol. The maximum atomic E-state index is 11.3. The number of nitrogens with zero attached hydrogens (tertiary/aromatic N) is 2. The number of aliphatic hydroxyl groups is 1. The van der Waals surface area contributed by atoms with Gasteiger partial charge in [0.25, 0.3) is 5.91 Å². The van der Waals surface area contributed by atoms with Crippen molar-refractivity contribution >= 4 is 11.6 Å². The zero-order valence-electron chi connectivity index (χ0n) is 7.95. The van der Waals surface area contributed by atoms with E-state index in [1.54, 1.807) is 7.05 Å². The number of carbonyl (C=O) groups excluding carboxylic acids is 1. The molecular formula is C9H14N2O2. The van der Waals surface area contributed by atoms with Gasteiger partial charge in [0.05, 0.1) is 17.5 Å². The molecule has 0 aromatic heterocycles. The van der Waals surface area contributed by atoms with E-state index in [0.717, 1.165) is 25.5 Å². The summed E-state index contributed by atoms with van der Waals surface area (Å²) in [6.45, 7) is 2.07. The minimum atomic E-state index is -0.228. The van der Waals surface area contributed by atoms with Crippen molar-refractivity contribution in [2.24, 2.45) is 5.10 Å². The second kappa shape index (κ2) is 4.07. The van der Waals surface area contributed by atoms with Crippen LogP contribution >= 0.6 is 0 Å². The van der Waals surface area contributed by atoms with Crippen LogP contribution in [0.3, 0.4) is 0 Å².